The van der Waals surface area contributed by atoms with Crippen molar-refractivity contribution in [1.82, 2.24) is 5.32 Å². The molecule has 1 aliphatic heterocycles. The lowest BCUT2D eigenvalue weighted by molar-refractivity contribution is 0.0985. The van der Waals surface area contributed by atoms with Gasteiger partial charge in [0.1, 0.15) is 12.0 Å². The molecule has 2 aromatic rings. The molecule has 104 valence electrons. The number of furan rings is 1. The maximum absolute atomic E-state index is 12.7. The van der Waals surface area contributed by atoms with Gasteiger partial charge in [-0.2, -0.15) is 0 Å². The summed E-state index contributed by atoms with van der Waals surface area (Å²) in [6.07, 6.45) is 1.53. The van der Waals surface area contributed by atoms with Crippen LogP contribution in [0.5, 0.6) is 0 Å². The number of rotatable bonds is 1. The first-order valence-electron chi connectivity index (χ1n) is 6.83. The molecule has 0 fully saturated rings. The molecular formula is C16H18N2O2. The summed E-state index contributed by atoms with van der Waals surface area (Å²) >= 11 is 0. The number of aryl methyl sites for hydroxylation is 1. The van der Waals surface area contributed by atoms with Crippen molar-refractivity contribution in [3.05, 3.63) is 53.5 Å². The number of anilines is 1. The van der Waals surface area contributed by atoms with E-state index in [-0.39, 0.29) is 11.9 Å². The number of nitrogens with one attached hydrogen (secondary N) is 1. The van der Waals surface area contributed by atoms with Gasteiger partial charge in [0.05, 0.1) is 5.56 Å². The maximum Gasteiger partial charge on any atom is 0.261 e. The fourth-order valence-electron chi connectivity index (χ4n) is 2.55. The number of benzene rings is 1. The van der Waals surface area contributed by atoms with E-state index in [1.807, 2.05) is 30.0 Å². The number of carbonyl (C=O) groups excluding carboxylic acids is 1. The number of hydrogen-bond acceptors (Lipinski definition) is 3. The molecule has 0 spiro atoms. The van der Waals surface area contributed by atoms with Crippen LogP contribution in [0.1, 0.15) is 28.6 Å². The lowest BCUT2D eigenvalue weighted by Gasteiger charge is -2.23. The molecule has 1 aromatic carbocycles. The predicted molar refractivity (Wildman–Crippen MR) is 77.9 cm³/mol. The molecule has 2 heterocycles. The lowest BCUT2D eigenvalue weighted by atomic mass is 10.1. The third-order valence-electron chi connectivity index (χ3n) is 3.60. The standard InChI is InChI=1S/C16H18N2O2/c1-11-9-18(16(19)14-7-12(2)20-10-14)15-6-4-3-5-13(15)8-17-11/h3-7,10-11,17H,8-9H2,1-2H3. The molecule has 4 nitrogen and oxygen atoms in total. The van der Waals surface area contributed by atoms with Crippen LogP contribution in [-0.4, -0.2) is 18.5 Å². The topological polar surface area (TPSA) is 45.5 Å². The highest BCUT2D eigenvalue weighted by Crippen LogP contribution is 2.25. The molecule has 1 atom stereocenters. The zero-order valence-electron chi connectivity index (χ0n) is 11.7. The summed E-state index contributed by atoms with van der Waals surface area (Å²) in [5.41, 5.74) is 2.73. The normalized spacial score (nSPS) is 18.5. The summed E-state index contributed by atoms with van der Waals surface area (Å²) in [4.78, 5) is 14.5. The highest BCUT2D eigenvalue weighted by Gasteiger charge is 2.25. The molecule has 0 radical (unpaired) electrons. The van der Waals surface area contributed by atoms with Gasteiger partial charge in [-0.15, -0.1) is 0 Å². The van der Waals surface area contributed by atoms with Gasteiger partial charge in [0.15, 0.2) is 0 Å². The van der Waals surface area contributed by atoms with Gasteiger partial charge in [-0.25, -0.2) is 0 Å². The lowest BCUT2D eigenvalue weighted by Crippen LogP contribution is -2.39. The Morgan fingerprint density at radius 2 is 2.20 bits per heavy atom. The van der Waals surface area contributed by atoms with Crippen LogP contribution in [-0.2, 0) is 6.54 Å². The van der Waals surface area contributed by atoms with Crippen molar-refractivity contribution in [1.29, 1.82) is 0 Å². The Labute approximate surface area is 118 Å². The van der Waals surface area contributed by atoms with Crippen LogP contribution in [0.4, 0.5) is 5.69 Å². The van der Waals surface area contributed by atoms with Gasteiger partial charge in [0.25, 0.3) is 5.91 Å². The molecule has 1 unspecified atom stereocenters. The third-order valence-corrected chi connectivity index (χ3v) is 3.60. The molecule has 0 aliphatic carbocycles. The van der Waals surface area contributed by atoms with Crippen LogP contribution in [0.2, 0.25) is 0 Å². The second-order valence-corrected chi connectivity index (χ2v) is 5.27. The fraction of sp³-hybridized carbons (Fsp3) is 0.312. The van der Waals surface area contributed by atoms with Gasteiger partial charge in [0, 0.05) is 24.8 Å². The first-order valence-corrected chi connectivity index (χ1v) is 6.83. The average molecular weight is 270 g/mol. The molecule has 20 heavy (non-hydrogen) atoms. The first-order chi connectivity index (χ1) is 9.65. The molecule has 1 N–H and O–H groups in total. The van der Waals surface area contributed by atoms with Gasteiger partial charge in [-0.1, -0.05) is 18.2 Å². The Kier molecular flexibility index (Phi) is 3.32. The van der Waals surface area contributed by atoms with Crippen LogP contribution in [0.25, 0.3) is 0 Å². The molecule has 0 bridgehead atoms. The number of carbonyl (C=O) groups is 1. The van der Waals surface area contributed by atoms with Crippen molar-refractivity contribution in [2.45, 2.75) is 26.4 Å². The summed E-state index contributed by atoms with van der Waals surface area (Å²) in [7, 11) is 0. The van der Waals surface area contributed by atoms with Crippen molar-refractivity contribution in [2.24, 2.45) is 0 Å². The molecule has 3 rings (SSSR count). The van der Waals surface area contributed by atoms with E-state index >= 15 is 0 Å². The Bertz CT molecular complexity index is 633. The minimum Gasteiger partial charge on any atom is -0.469 e. The van der Waals surface area contributed by atoms with Crippen molar-refractivity contribution in [3.8, 4) is 0 Å². The summed E-state index contributed by atoms with van der Waals surface area (Å²) in [5, 5.41) is 3.42. The SMILES string of the molecule is Cc1cc(C(=O)N2CC(C)NCc3ccccc32)co1. The quantitative estimate of drug-likeness (QED) is 0.866. The van der Waals surface area contributed by atoms with E-state index in [1.165, 1.54) is 6.26 Å². The van der Waals surface area contributed by atoms with Gasteiger partial charge < -0.3 is 14.6 Å². The predicted octanol–water partition coefficient (Wildman–Crippen LogP) is 2.73. The second-order valence-electron chi connectivity index (χ2n) is 5.27. The van der Waals surface area contributed by atoms with E-state index in [9.17, 15) is 4.79 Å². The van der Waals surface area contributed by atoms with Crippen molar-refractivity contribution in [2.75, 3.05) is 11.4 Å². The van der Waals surface area contributed by atoms with Crippen molar-refractivity contribution < 1.29 is 9.21 Å². The number of para-hydroxylation sites is 1. The molecule has 1 aliphatic rings. The summed E-state index contributed by atoms with van der Waals surface area (Å²) in [6, 6.07) is 10.1. The Hall–Kier alpha value is -2.07. The molecular weight excluding hydrogens is 252 g/mol. The van der Waals surface area contributed by atoms with Crippen molar-refractivity contribution in [3.63, 3.8) is 0 Å². The Morgan fingerprint density at radius 3 is 2.95 bits per heavy atom. The van der Waals surface area contributed by atoms with Gasteiger partial charge in [-0.05, 0) is 31.5 Å². The number of hydrogen-bond donors (Lipinski definition) is 1. The summed E-state index contributed by atoms with van der Waals surface area (Å²) in [5.74, 6) is 0.743. The Balaban J connectivity index is 2.00. The van der Waals surface area contributed by atoms with Crippen LogP contribution in [0.15, 0.2) is 41.0 Å². The van der Waals surface area contributed by atoms with Crippen molar-refractivity contribution >= 4 is 11.6 Å². The monoisotopic (exact) mass is 270 g/mol. The first kappa shape index (κ1) is 12.9. The zero-order chi connectivity index (χ0) is 14.1. The minimum atomic E-state index is -0.00940. The average Bonchev–Trinajstić information content (AvgIpc) is 2.81. The number of nitrogens with zero attached hydrogens (tertiary/aromatic N) is 1. The maximum atomic E-state index is 12.7. The van der Waals surface area contributed by atoms with E-state index < -0.39 is 0 Å². The number of fused-ring (bicyclic) bond motifs is 1. The summed E-state index contributed by atoms with van der Waals surface area (Å²) in [6.45, 7) is 5.37. The second kappa shape index (κ2) is 5.13. The smallest absolute Gasteiger partial charge is 0.261 e. The van der Waals surface area contributed by atoms with Gasteiger partial charge in [0.2, 0.25) is 0 Å². The molecule has 0 saturated heterocycles. The third kappa shape index (κ3) is 2.34. The van der Waals surface area contributed by atoms with Crippen LogP contribution < -0.4 is 10.2 Å². The van der Waals surface area contributed by atoms with Gasteiger partial charge in [-0.3, -0.25) is 4.79 Å². The molecule has 4 heteroatoms. The largest absolute Gasteiger partial charge is 0.469 e. The molecule has 0 saturated carbocycles. The highest BCUT2D eigenvalue weighted by molar-refractivity contribution is 6.06. The fourth-order valence-corrected chi connectivity index (χ4v) is 2.55. The summed E-state index contributed by atoms with van der Waals surface area (Å²) < 4.78 is 5.26. The van der Waals surface area contributed by atoms with E-state index in [0.717, 1.165) is 23.6 Å². The zero-order valence-corrected chi connectivity index (χ0v) is 11.7. The van der Waals surface area contributed by atoms with Gasteiger partial charge >= 0.3 is 0 Å². The molecule has 1 aromatic heterocycles. The van der Waals surface area contributed by atoms with E-state index in [1.54, 1.807) is 6.07 Å². The van der Waals surface area contributed by atoms with E-state index in [4.69, 9.17) is 4.42 Å². The highest BCUT2D eigenvalue weighted by atomic mass is 16.3. The van der Waals surface area contributed by atoms with Crippen LogP contribution in [0, 0.1) is 6.92 Å². The van der Waals surface area contributed by atoms with E-state index in [0.29, 0.717) is 12.1 Å². The molecule has 1 amide bonds. The van der Waals surface area contributed by atoms with E-state index in [2.05, 4.69) is 18.3 Å². The Morgan fingerprint density at radius 1 is 1.40 bits per heavy atom. The minimum absolute atomic E-state index is 0.00940. The number of amides is 1. The van der Waals surface area contributed by atoms with Crippen LogP contribution >= 0.6 is 0 Å². The van der Waals surface area contributed by atoms with Crippen LogP contribution in [0.3, 0.4) is 0 Å².